The molecule has 0 N–H and O–H groups in total. The number of aryl methyl sites for hydroxylation is 2. The first-order chi connectivity index (χ1) is 22.0. The van der Waals surface area contributed by atoms with Crippen LogP contribution in [0.2, 0.25) is 0 Å². The van der Waals surface area contributed by atoms with Crippen LogP contribution in [0.15, 0.2) is 42.3 Å². The van der Waals surface area contributed by atoms with Gasteiger partial charge < -0.3 is 9.47 Å². The number of ether oxygens (including phenoxy) is 2. The maximum absolute atomic E-state index is 17.5. The van der Waals surface area contributed by atoms with E-state index in [2.05, 4.69) is 0 Å². The molecular formula is C33H18F6O6S2. The molecule has 0 fully saturated rings. The van der Waals surface area contributed by atoms with Crippen LogP contribution in [0.3, 0.4) is 0 Å². The minimum absolute atomic E-state index is 0.0298. The lowest BCUT2D eigenvalue weighted by molar-refractivity contribution is -0.228. The summed E-state index contributed by atoms with van der Waals surface area (Å²) in [6.07, 6.45) is 3.52. The number of hydrogen-bond donors (Lipinski definition) is 0. The van der Waals surface area contributed by atoms with Crippen LogP contribution in [0.4, 0.5) is 26.3 Å². The van der Waals surface area contributed by atoms with Gasteiger partial charge in [0.25, 0.3) is 5.67 Å². The van der Waals surface area contributed by atoms with Gasteiger partial charge in [-0.3, -0.25) is 19.2 Å². The molecule has 2 aromatic heterocycles. The van der Waals surface area contributed by atoms with Crippen molar-refractivity contribution in [1.29, 1.82) is 0 Å². The second kappa shape index (κ2) is 9.73. The lowest BCUT2D eigenvalue weighted by atomic mass is 9.83. The van der Waals surface area contributed by atoms with E-state index in [1.807, 2.05) is 0 Å². The number of allylic oxidation sites excluding steroid dienone is 6. The number of halogens is 6. The molecule has 0 bridgehead atoms. The molecule has 1 unspecified atom stereocenters. The Kier molecular flexibility index (Phi) is 6.43. The van der Waals surface area contributed by atoms with Gasteiger partial charge >= 0.3 is 11.8 Å². The van der Waals surface area contributed by atoms with Crippen LogP contribution in [0, 0.1) is 13.8 Å². The predicted molar refractivity (Wildman–Crippen MR) is 163 cm³/mol. The molecule has 0 amide bonds. The van der Waals surface area contributed by atoms with Crippen LogP contribution in [-0.2, 0) is 5.67 Å². The van der Waals surface area contributed by atoms with Crippen molar-refractivity contribution in [3.63, 3.8) is 0 Å². The maximum Gasteiger partial charge on any atom is 0.358 e. The molecule has 0 saturated heterocycles. The molecule has 0 saturated carbocycles. The Balaban J connectivity index is 1.64. The maximum atomic E-state index is 17.5. The number of alkyl halides is 5. The summed E-state index contributed by atoms with van der Waals surface area (Å²) in [5.74, 6) is -17.4. The Bertz CT molecular complexity index is 2310. The van der Waals surface area contributed by atoms with Crippen LogP contribution in [0.1, 0.15) is 62.3 Å². The van der Waals surface area contributed by atoms with Gasteiger partial charge in [-0.25, -0.2) is 8.78 Å². The fourth-order valence-electron chi connectivity index (χ4n) is 6.64. The molecule has 3 aliphatic carbocycles. The van der Waals surface area contributed by atoms with Crippen molar-refractivity contribution in [2.75, 3.05) is 14.2 Å². The number of carbonyl (C=O) groups excluding carboxylic acids is 4. The molecule has 4 aromatic rings. The highest BCUT2D eigenvalue weighted by molar-refractivity contribution is 7.20. The van der Waals surface area contributed by atoms with Crippen molar-refractivity contribution in [3.05, 3.63) is 85.4 Å². The minimum atomic E-state index is -5.81. The second-order valence-corrected chi connectivity index (χ2v) is 13.5. The van der Waals surface area contributed by atoms with E-state index in [9.17, 15) is 19.2 Å². The Hall–Kier alpha value is -4.56. The van der Waals surface area contributed by atoms with Crippen molar-refractivity contribution >= 4 is 71.6 Å². The Morgan fingerprint density at radius 2 is 1.09 bits per heavy atom. The second-order valence-electron chi connectivity index (χ2n) is 11.1. The summed E-state index contributed by atoms with van der Waals surface area (Å²) in [4.78, 5) is 51.1. The molecule has 7 rings (SSSR count). The number of benzene rings is 2. The Morgan fingerprint density at radius 1 is 0.638 bits per heavy atom. The summed E-state index contributed by atoms with van der Waals surface area (Å²) in [5.41, 5.74) is -10.7. The van der Waals surface area contributed by atoms with E-state index in [-0.39, 0.29) is 41.8 Å². The summed E-state index contributed by atoms with van der Waals surface area (Å²) in [5, 5.41) is -1.12. The zero-order valence-electron chi connectivity index (χ0n) is 24.5. The zero-order valence-corrected chi connectivity index (χ0v) is 26.1. The SMILES string of the molecule is COc1cc2c(c3c(C4=C(F)C(F)(c5c(C)sc6c(OC)cc7c(c56)C(=O)C=CC7=O)C(F)(F)C4(F)F)c(C)sc13)C(=O)C=CC2=O. The van der Waals surface area contributed by atoms with Gasteiger partial charge in [0, 0.05) is 53.9 Å². The number of fused-ring (bicyclic) bond motifs is 6. The molecule has 6 nitrogen and oxygen atoms in total. The number of methoxy groups -OCH3 is 2. The number of carbonyl (C=O) groups is 4. The molecule has 1 atom stereocenters. The molecule has 2 heterocycles. The predicted octanol–water partition coefficient (Wildman–Crippen LogP) is 8.45. The van der Waals surface area contributed by atoms with E-state index >= 15 is 26.3 Å². The molecule has 47 heavy (non-hydrogen) atoms. The monoisotopic (exact) mass is 688 g/mol. The van der Waals surface area contributed by atoms with E-state index < -0.39 is 85.1 Å². The third kappa shape index (κ3) is 3.62. The number of rotatable bonds is 4. The van der Waals surface area contributed by atoms with Crippen molar-refractivity contribution in [1.82, 2.24) is 0 Å². The van der Waals surface area contributed by atoms with Gasteiger partial charge in [-0.2, -0.15) is 17.6 Å². The third-order valence-corrected chi connectivity index (χ3v) is 10.9. The fourth-order valence-corrected chi connectivity index (χ4v) is 9.01. The Labute approximate surface area is 268 Å². The largest absolute Gasteiger partial charge is 0.495 e. The molecule has 3 aliphatic rings. The summed E-state index contributed by atoms with van der Waals surface area (Å²) in [7, 11) is 2.34. The highest BCUT2D eigenvalue weighted by atomic mass is 32.1. The van der Waals surface area contributed by atoms with Gasteiger partial charge in [0.1, 0.15) is 11.5 Å². The van der Waals surface area contributed by atoms with Crippen LogP contribution in [-0.4, -0.2) is 49.2 Å². The Morgan fingerprint density at radius 3 is 1.60 bits per heavy atom. The highest BCUT2D eigenvalue weighted by Crippen LogP contribution is 2.69. The lowest BCUT2D eigenvalue weighted by Gasteiger charge is -2.31. The van der Waals surface area contributed by atoms with E-state index in [1.54, 1.807) is 0 Å². The van der Waals surface area contributed by atoms with Gasteiger partial charge in [0.2, 0.25) is 0 Å². The molecule has 14 heteroatoms. The molecule has 240 valence electrons. The van der Waals surface area contributed by atoms with E-state index in [1.165, 1.54) is 20.1 Å². The average Bonchev–Trinajstić information content (AvgIpc) is 3.58. The third-order valence-electron chi connectivity index (χ3n) is 8.70. The first kappa shape index (κ1) is 31.1. The first-order valence-corrected chi connectivity index (χ1v) is 15.4. The topological polar surface area (TPSA) is 86.7 Å². The molecular weight excluding hydrogens is 670 g/mol. The number of ketones is 4. The molecule has 2 aromatic carbocycles. The summed E-state index contributed by atoms with van der Waals surface area (Å²) >= 11 is 1.30. The van der Waals surface area contributed by atoms with Crippen molar-refractivity contribution < 1.29 is 55.0 Å². The minimum Gasteiger partial charge on any atom is -0.495 e. The molecule has 0 spiro atoms. The van der Waals surface area contributed by atoms with Gasteiger partial charge in [0.15, 0.2) is 29.0 Å². The van der Waals surface area contributed by atoms with Crippen molar-refractivity contribution in [3.8, 4) is 11.5 Å². The summed E-state index contributed by atoms with van der Waals surface area (Å²) in [6, 6.07) is 2.34. The molecule has 0 radical (unpaired) electrons. The molecule has 0 aliphatic heterocycles. The van der Waals surface area contributed by atoms with E-state index in [0.29, 0.717) is 22.7 Å². The fraction of sp³-hybridized carbons (Fsp3) is 0.212. The standard InChI is InChI=1S/C33H18F6O6S2/c1-11-21(24-22-13(15(40)5-7-17(22)42)9-19(44-3)28(24)46-11)27-30(34)31(35,33(38,39)32(27,36)37)26-12(2)47-29-20(45-4)10-14-16(41)6-8-18(43)23(14)25(26)29/h5-10H,1-4H3. The van der Waals surface area contributed by atoms with Gasteiger partial charge in [-0.1, -0.05) is 0 Å². The lowest BCUT2D eigenvalue weighted by Crippen LogP contribution is -2.49. The van der Waals surface area contributed by atoms with Gasteiger partial charge in [0.05, 0.1) is 29.2 Å². The van der Waals surface area contributed by atoms with Crippen LogP contribution < -0.4 is 9.47 Å². The smallest absolute Gasteiger partial charge is 0.358 e. The summed E-state index contributed by atoms with van der Waals surface area (Å²) < 4.78 is 110. The van der Waals surface area contributed by atoms with Crippen LogP contribution >= 0.6 is 22.7 Å². The van der Waals surface area contributed by atoms with E-state index in [0.717, 1.165) is 44.4 Å². The summed E-state index contributed by atoms with van der Waals surface area (Å²) in [6.45, 7) is 2.30. The van der Waals surface area contributed by atoms with E-state index in [4.69, 9.17) is 9.47 Å². The van der Waals surface area contributed by atoms with Gasteiger partial charge in [-0.15, -0.1) is 22.7 Å². The number of hydrogen-bond acceptors (Lipinski definition) is 8. The van der Waals surface area contributed by atoms with Crippen LogP contribution in [0.5, 0.6) is 11.5 Å². The van der Waals surface area contributed by atoms with Crippen molar-refractivity contribution in [2.45, 2.75) is 31.4 Å². The van der Waals surface area contributed by atoms with Gasteiger partial charge in [-0.05, 0) is 50.3 Å². The zero-order chi connectivity index (χ0) is 34.1. The average molecular weight is 689 g/mol. The van der Waals surface area contributed by atoms with Crippen LogP contribution in [0.25, 0.3) is 25.7 Å². The first-order valence-electron chi connectivity index (χ1n) is 13.7. The quantitative estimate of drug-likeness (QED) is 0.200. The highest BCUT2D eigenvalue weighted by Gasteiger charge is 2.81. The normalized spacial score (nSPS) is 21.3. The van der Waals surface area contributed by atoms with Crippen molar-refractivity contribution in [2.24, 2.45) is 0 Å². The number of thiophene rings is 2.